The third kappa shape index (κ3) is 5.55. The lowest BCUT2D eigenvalue weighted by Crippen LogP contribution is -2.08. The molecule has 0 spiro atoms. The van der Waals surface area contributed by atoms with Crippen molar-refractivity contribution >= 4 is 28.3 Å². The van der Waals surface area contributed by atoms with Crippen LogP contribution in [-0.4, -0.2) is 24.0 Å². The fraction of sp³-hybridized carbons (Fsp3) is 0.174. The number of nitrogens with zero attached hydrogens (tertiary/aromatic N) is 1. The summed E-state index contributed by atoms with van der Waals surface area (Å²) in [7, 11) is 1.35. The summed E-state index contributed by atoms with van der Waals surface area (Å²) in [5.41, 5.74) is 3.90. The van der Waals surface area contributed by atoms with Crippen molar-refractivity contribution in [3.8, 4) is 17.0 Å². The van der Waals surface area contributed by atoms with E-state index in [1.165, 1.54) is 24.5 Å². The van der Waals surface area contributed by atoms with Crippen molar-refractivity contribution in [1.82, 2.24) is 4.98 Å². The van der Waals surface area contributed by atoms with Crippen molar-refractivity contribution in [2.24, 2.45) is 0 Å². The SMILES string of the molecule is COC(=O)c1ccc(COc2ccccc2-c2csc(NC(=O)C=C(C)C)n2)cc1. The molecule has 2 aromatic carbocycles. The van der Waals surface area contributed by atoms with Crippen LogP contribution >= 0.6 is 11.3 Å². The smallest absolute Gasteiger partial charge is 0.337 e. The van der Waals surface area contributed by atoms with Gasteiger partial charge in [-0.05, 0) is 43.7 Å². The molecule has 0 atom stereocenters. The standard InChI is InChI=1S/C23H22N2O4S/c1-15(2)12-21(26)25-23-24-19(14-30-23)18-6-4-5-7-20(18)29-13-16-8-10-17(11-9-16)22(27)28-3/h4-12,14H,13H2,1-3H3,(H,24,25,26). The first-order valence-corrected chi connectivity index (χ1v) is 10.1. The molecule has 6 nitrogen and oxygen atoms in total. The summed E-state index contributed by atoms with van der Waals surface area (Å²) in [5, 5.41) is 5.18. The fourth-order valence-electron chi connectivity index (χ4n) is 2.68. The van der Waals surface area contributed by atoms with Crippen LogP contribution in [0.15, 0.2) is 65.6 Å². The third-order valence-electron chi connectivity index (χ3n) is 4.09. The fourth-order valence-corrected chi connectivity index (χ4v) is 3.39. The van der Waals surface area contributed by atoms with Crippen LogP contribution in [0, 0.1) is 0 Å². The Morgan fingerprint density at radius 3 is 2.53 bits per heavy atom. The van der Waals surface area contributed by atoms with Crippen LogP contribution in [0.1, 0.15) is 29.8 Å². The Morgan fingerprint density at radius 2 is 1.83 bits per heavy atom. The molecule has 3 rings (SSSR count). The van der Waals surface area contributed by atoms with Gasteiger partial charge in [0.25, 0.3) is 0 Å². The van der Waals surface area contributed by atoms with E-state index in [2.05, 4.69) is 10.3 Å². The highest BCUT2D eigenvalue weighted by atomic mass is 32.1. The lowest BCUT2D eigenvalue weighted by molar-refractivity contribution is -0.111. The molecule has 0 aliphatic carbocycles. The highest BCUT2D eigenvalue weighted by Gasteiger charge is 2.12. The predicted molar refractivity (Wildman–Crippen MR) is 118 cm³/mol. The number of ether oxygens (including phenoxy) is 2. The Balaban J connectivity index is 1.71. The van der Waals surface area contributed by atoms with Gasteiger partial charge in [0.2, 0.25) is 5.91 Å². The average molecular weight is 423 g/mol. The number of aromatic nitrogens is 1. The molecule has 0 saturated carbocycles. The Bertz CT molecular complexity index is 1070. The first-order valence-electron chi connectivity index (χ1n) is 9.27. The first-order chi connectivity index (χ1) is 14.5. The summed E-state index contributed by atoms with van der Waals surface area (Å²) in [5.74, 6) is 0.113. The molecule has 0 aliphatic heterocycles. The zero-order valence-corrected chi connectivity index (χ0v) is 17.8. The highest BCUT2D eigenvalue weighted by Crippen LogP contribution is 2.32. The van der Waals surface area contributed by atoms with Gasteiger partial charge in [-0.15, -0.1) is 11.3 Å². The molecule has 1 amide bonds. The lowest BCUT2D eigenvalue weighted by Gasteiger charge is -2.10. The molecule has 154 valence electrons. The molecular weight excluding hydrogens is 400 g/mol. The number of carbonyl (C=O) groups excluding carboxylic acids is 2. The molecule has 1 N–H and O–H groups in total. The van der Waals surface area contributed by atoms with E-state index in [0.29, 0.717) is 23.1 Å². The Hall–Kier alpha value is -3.45. The summed E-state index contributed by atoms with van der Waals surface area (Å²) in [6, 6.07) is 14.7. The number of carbonyl (C=O) groups is 2. The number of methoxy groups -OCH3 is 1. The molecule has 0 unspecified atom stereocenters. The monoisotopic (exact) mass is 422 g/mol. The minimum absolute atomic E-state index is 0.198. The minimum Gasteiger partial charge on any atom is -0.488 e. The normalized spacial score (nSPS) is 10.2. The number of anilines is 1. The summed E-state index contributed by atoms with van der Waals surface area (Å²) < 4.78 is 10.7. The highest BCUT2D eigenvalue weighted by molar-refractivity contribution is 7.14. The van der Waals surface area contributed by atoms with E-state index in [1.807, 2.05) is 55.6 Å². The molecule has 3 aromatic rings. The third-order valence-corrected chi connectivity index (χ3v) is 4.84. The van der Waals surface area contributed by atoms with E-state index >= 15 is 0 Å². The van der Waals surface area contributed by atoms with Crippen molar-refractivity contribution in [3.63, 3.8) is 0 Å². The molecule has 30 heavy (non-hydrogen) atoms. The number of hydrogen-bond donors (Lipinski definition) is 1. The second-order valence-electron chi connectivity index (χ2n) is 6.72. The average Bonchev–Trinajstić information content (AvgIpc) is 3.19. The summed E-state index contributed by atoms with van der Waals surface area (Å²) >= 11 is 1.36. The van der Waals surface area contributed by atoms with E-state index in [-0.39, 0.29) is 11.9 Å². The Labute approximate surface area is 179 Å². The zero-order valence-electron chi connectivity index (χ0n) is 17.0. The summed E-state index contributed by atoms with van der Waals surface area (Å²) in [6.45, 7) is 4.07. The number of amides is 1. The first kappa shape index (κ1) is 21.3. The Morgan fingerprint density at radius 1 is 1.10 bits per heavy atom. The van der Waals surface area contributed by atoms with Crippen LogP contribution in [0.25, 0.3) is 11.3 Å². The minimum atomic E-state index is -0.371. The van der Waals surface area contributed by atoms with E-state index in [1.54, 1.807) is 12.1 Å². The van der Waals surface area contributed by atoms with Crippen molar-refractivity contribution in [2.75, 3.05) is 12.4 Å². The van der Waals surface area contributed by atoms with E-state index in [9.17, 15) is 9.59 Å². The summed E-state index contributed by atoms with van der Waals surface area (Å²) in [4.78, 5) is 28.0. The molecule has 1 heterocycles. The van der Waals surface area contributed by atoms with Crippen molar-refractivity contribution in [3.05, 3.63) is 76.7 Å². The van der Waals surface area contributed by atoms with Gasteiger partial charge in [-0.2, -0.15) is 0 Å². The van der Waals surface area contributed by atoms with Gasteiger partial charge < -0.3 is 9.47 Å². The molecule has 0 radical (unpaired) electrons. The number of thiazole rings is 1. The maximum atomic E-state index is 11.9. The van der Waals surface area contributed by atoms with E-state index < -0.39 is 0 Å². The van der Waals surface area contributed by atoms with Gasteiger partial charge in [-0.3, -0.25) is 10.1 Å². The van der Waals surface area contributed by atoms with Gasteiger partial charge in [0.1, 0.15) is 12.4 Å². The molecule has 7 heteroatoms. The Kier molecular flexibility index (Phi) is 6.98. The molecule has 0 bridgehead atoms. The van der Waals surface area contributed by atoms with Gasteiger partial charge in [-0.1, -0.05) is 29.8 Å². The number of para-hydroxylation sites is 1. The number of hydrogen-bond acceptors (Lipinski definition) is 6. The number of nitrogens with one attached hydrogen (secondary N) is 1. The van der Waals surface area contributed by atoms with Crippen LogP contribution in [0.2, 0.25) is 0 Å². The van der Waals surface area contributed by atoms with Crippen molar-refractivity contribution in [2.45, 2.75) is 20.5 Å². The molecule has 0 aliphatic rings. The number of benzene rings is 2. The van der Waals surface area contributed by atoms with Crippen LogP contribution in [0.3, 0.4) is 0 Å². The summed E-state index contributed by atoms with van der Waals surface area (Å²) in [6.07, 6.45) is 1.53. The van der Waals surface area contributed by atoms with Gasteiger partial charge in [0, 0.05) is 17.0 Å². The topological polar surface area (TPSA) is 77.5 Å². The second-order valence-corrected chi connectivity index (χ2v) is 7.58. The van der Waals surface area contributed by atoms with Gasteiger partial charge in [-0.25, -0.2) is 9.78 Å². The second kappa shape index (κ2) is 9.84. The largest absolute Gasteiger partial charge is 0.488 e. The molecule has 0 fully saturated rings. The molecule has 1 aromatic heterocycles. The van der Waals surface area contributed by atoms with Crippen LogP contribution in [0.4, 0.5) is 5.13 Å². The van der Waals surface area contributed by atoms with Crippen molar-refractivity contribution < 1.29 is 19.1 Å². The van der Waals surface area contributed by atoms with E-state index in [0.717, 1.165) is 22.4 Å². The van der Waals surface area contributed by atoms with Crippen LogP contribution < -0.4 is 10.1 Å². The van der Waals surface area contributed by atoms with Crippen molar-refractivity contribution in [1.29, 1.82) is 0 Å². The molecular formula is C23H22N2O4S. The van der Waals surface area contributed by atoms with Gasteiger partial charge >= 0.3 is 5.97 Å². The quantitative estimate of drug-likeness (QED) is 0.424. The van der Waals surface area contributed by atoms with E-state index in [4.69, 9.17) is 9.47 Å². The number of allylic oxidation sites excluding steroid dienone is 1. The lowest BCUT2D eigenvalue weighted by atomic mass is 10.1. The molecule has 0 saturated heterocycles. The maximum absolute atomic E-state index is 11.9. The van der Waals surface area contributed by atoms with Gasteiger partial charge in [0.05, 0.1) is 18.4 Å². The maximum Gasteiger partial charge on any atom is 0.337 e. The number of rotatable bonds is 7. The predicted octanol–water partition coefficient (Wildman–Crippen LogP) is 5.08. The van der Waals surface area contributed by atoms with Crippen LogP contribution in [-0.2, 0) is 16.1 Å². The zero-order chi connectivity index (χ0) is 21.5. The van der Waals surface area contributed by atoms with Crippen LogP contribution in [0.5, 0.6) is 5.75 Å². The number of esters is 1. The van der Waals surface area contributed by atoms with Gasteiger partial charge in [0.15, 0.2) is 5.13 Å².